The summed E-state index contributed by atoms with van der Waals surface area (Å²) >= 11 is 1.54. The Morgan fingerprint density at radius 1 is 1.40 bits per heavy atom. The van der Waals surface area contributed by atoms with Crippen molar-refractivity contribution in [3.63, 3.8) is 0 Å². The van der Waals surface area contributed by atoms with Crippen molar-refractivity contribution in [3.8, 4) is 0 Å². The van der Waals surface area contributed by atoms with Crippen LogP contribution < -0.4 is 5.32 Å². The van der Waals surface area contributed by atoms with E-state index in [1.807, 2.05) is 30.5 Å². The van der Waals surface area contributed by atoms with E-state index in [4.69, 9.17) is 0 Å². The summed E-state index contributed by atoms with van der Waals surface area (Å²) < 4.78 is 0. The highest BCUT2D eigenvalue weighted by molar-refractivity contribution is 7.09. The Balaban J connectivity index is 1.89. The number of hydrogen-bond acceptors (Lipinski definition) is 3. The van der Waals surface area contributed by atoms with Gasteiger partial charge >= 0.3 is 0 Å². The predicted molar refractivity (Wildman–Crippen MR) is 81.1 cm³/mol. The molecule has 0 atom stereocenters. The van der Waals surface area contributed by atoms with Crippen LogP contribution in [0.15, 0.2) is 29.8 Å². The first-order valence-electron chi connectivity index (χ1n) is 6.41. The van der Waals surface area contributed by atoms with Gasteiger partial charge in [-0.3, -0.25) is 4.79 Å². The molecule has 1 amide bonds. The number of carbonyl (C=O) groups is 1. The maximum Gasteiger partial charge on any atom is 0.253 e. The number of hydrogen-bond donors (Lipinski definition) is 2. The molecule has 0 unspecified atom stereocenters. The van der Waals surface area contributed by atoms with Gasteiger partial charge < -0.3 is 10.3 Å². The Bertz CT molecular complexity index is 759. The molecule has 0 aliphatic rings. The van der Waals surface area contributed by atoms with Gasteiger partial charge in [-0.25, -0.2) is 4.98 Å². The van der Waals surface area contributed by atoms with Crippen LogP contribution in [0, 0.1) is 13.8 Å². The lowest BCUT2D eigenvalue weighted by molar-refractivity contribution is 0.0952. The third-order valence-corrected chi connectivity index (χ3v) is 4.25. The zero-order chi connectivity index (χ0) is 14.1. The lowest BCUT2D eigenvalue weighted by Gasteiger charge is -2.04. The SMILES string of the molecule is Cc1[nH]c2c(C(=O)NCc3nccs3)cccc2c1C. The number of aryl methyl sites for hydroxylation is 2. The quantitative estimate of drug-likeness (QED) is 0.776. The Hall–Kier alpha value is -2.14. The number of aromatic amines is 1. The molecule has 4 nitrogen and oxygen atoms in total. The normalized spacial score (nSPS) is 10.9. The van der Waals surface area contributed by atoms with Gasteiger partial charge in [0.25, 0.3) is 5.91 Å². The molecular weight excluding hydrogens is 270 g/mol. The summed E-state index contributed by atoms with van der Waals surface area (Å²) in [7, 11) is 0. The molecule has 2 heterocycles. The van der Waals surface area contributed by atoms with Crippen LogP contribution in [-0.4, -0.2) is 15.9 Å². The maximum absolute atomic E-state index is 12.3. The zero-order valence-corrected chi connectivity index (χ0v) is 12.2. The van der Waals surface area contributed by atoms with Gasteiger partial charge in [-0.1, -0.05) is 12.1 Å². The Kier molecular flexibility index (Phi) is 3.28. The van der Waals surface area contributed by atoms with Crippen molar-refractivity contribution >= 4 is 28.1 Å². The van der Waals surface area contributed by atoms with Gasteiger partial charge in [0.15, 0.2) is 0 Å². The van der Waals surface area contributed by atoms with E-state index in [9.17, 15) is 4.79 Å². The Morgan fingerprint density at radius 3 is 3.00 bits per heavy atom. The Labute approximate surface area is 120 Å². The lowest BCUT2D eigenvalue weighted by Crippen LogP contribution is -2.22. The van der Waals surface area contributed by atoms with Crippen LogP contribution in [0.1, 0.15) is 26.6 Å². The van der Waals surface area contributed by atoms with Crippen LogP contribution in [0.5, 0.6) is 0 Å². The van der Waals surface area contributed by atoms with Crippen LogP contribution in [0.2, 0.25) is 0 Å². The fourth-order valence-corrected chi connectivity index (χ4v) is 2.82. The maximum atomic E-state index is 12.3. The van der Waals surface area contributed by atoms with Gasteiger partial charge in [0.05, 0.1) is 17.6 Å². The van der Waals surface area contributed by atoms with Gasteiger partial charge in [0, 0.05) is 22.7 Å². The summed E-state index contributed by atoms with van der Waals surface area (Å²) in [5.41, 5.74) is 3.86. The summed E-state index contributed by atoms with van der Waals surface area (Å²) in [5, 5.41) is 6.82. The molecule has 0 saturated heterocycles. The molecule has 0 radical (unpaired) electrons. The van der Waals surface area contributed by atoms with E-state index < -0.39 is 0 Å². The molecule has 3 rings (SSSR count). The van der Waals surface area contributed by atoms with Crippen molar-refractivity contribution in [2.75, 3.05) is 0 Å². The van der Waals surface area contributed by atoms with E-state index >= 15 is 0 Å². The average Bonchev–Trinajstić information content (AvgIpc) is 3.06. The minimum atomic E-state index is -0.0768. The molecule has 2 aromatic heterocycles. The standard InChI is InChI=1S/C15H15N3OS/c1-9-10(2)18-14-11(9)4-3-5-12(14)15(19)17-8-13-16-6-7-20-13/h3-7,18H,8H2,1-2H3,(H,17,19). The molecule has 0 fully saturated rings. The molecule has 1 aromatic carbocycles. The number of nitrogens with one attached hydrogen (secondary N) is 2. The van der Waals surface area contributed by atoms with Crippen LogP contribution in [0.3, 0.4) is 0 Å². The van der Waals surface area contributed by atoms with E-state index in [0.29, 0.717) is 12.1 Å². The minimum absolute atomic E-state index is 0.0768. The number of aromatic nitrogens is 2. The fraction of sp³-hybridized carbons (Fsp3) is 0.200. The van der Waals surface area contributed by atoms with Gasteiger partial charge in [0.1, 0.15) is 5.01 Å². The summed E-state index contributed by atoms with van der Waals surface area (Å²) in [6.45, 7) is 4.55. The number of rotatable bonds is 3. The summed E-state index contributed by atoms with van der Waals surface area (Å²) in [4.78, 5) is 19.8. The topological polar surface area (TPSA) is 57.8 Å². The van der Waals surface area contributed by atoms with Crippen molar-refractivity contribution < 1.29 is 4.79 Å². The van der Waals surface area contributed by atoms with Gasteiger partial charge in [0.2, 0.25) is 0 Å². The second kappa shape index (κ2) is 5.09. The number of nitrogens with zero attached hydrogens (tertiary/aromatic N) is 1. The molecule has 102 valence electrons. The zero-order valence-electron chi connectivity index (χ0n) is 11.4. The number of carbonyl (C=O) groups excluding carboxylic acids is 1. The molecule has 0 saturated carbocycles. The minimum Gasteiger partial charge on any atom is -0.358 e. The van der Waals surface area contributed by atoms with Crippen LogP contribution >= 0.6 is 11.3 Å². The second-order valence-corrected chi connectivity index (χ2v) is 5.69. The van der Waals surface area contributed by atoms with Crippen LogP contribution in [-0.2, 0) is 6.54 Å². The summed E-state index contributed by atoms with van der Waals surface area (Å²) in [6, 6.07) is 5.79. The molecule has 2 N–H and O–H groups in total. The molecule has 0 spiro atoms. The largest absolute Gasteiger partial charge is 0.358 e. The molecule has 5 heteroatoms. The first-order valence-corrected chi connectivity index (χ1v) is 7.29. The first-order chi connectivity index (χ1) is 9.66. The molecule has 20 heavy (non-hydrogen) atoms. The molecule has 0 aliphatic carbocycles. The smallest absolute Gasteiger partial charge is 0.253 e. The van der Waals surface area contributed by atoms with Crippen molar-refractivity contribution in [3.05, 3.63) is 51.6 Å². The van der Waals surface area contributed by atoms with E-state index in [0.717, 1.165) is 21.6 Å². The van der Waals surface area contributed by atoms with E-state index in [-0.39, 0.29) is 5.91 Å². The number of fused-ring (bicyclic) bond motifs is 1. The van der Waals surface area contributed by atoms with Gasteiger partial charge in [-0.2, -0.15) is 0 Å². The number of benzene rings is 1. The van der Waals surface area contributed by atoms with E-state index in [2.05, 4.69) is 22.2 Å². The van der Waals surface area contributed by atoms with Crippen molar-refractivity contribution in [2.45, 2.75) is 20.4 Å². The average molecular weight is 285 g/mol. The highest BCUT2D eigenvalue weighted by Crippen LogP contribution is 2.24. The number of para-hydroxylation sites is 1. The molecule has 3 aromatic rings. The molecular formula is C15H15N3OS. The van der Waals surface area contributed by atoms with E-state index in [1.165, 1.54) is 16.9 Å². The van der Waals surface area contributed by atoms with Crippen molar-refractivity contribution in [1.29, 1.82) is 0 Å². The highest BCUT2D eigenvalue weighted by Gasteiger charge is 2.13. The third kappa shape index (κ3) is 2.20. The molecule has 0 aliphatic heterocycles. The third-order valence-electron chi connectivity index (χ3n) is 3.47. The Morgan fingerprint density at radius 2 is 2.25 bits per heavy atom. The first kappa shape index (κ1) is 12.9. The highest BCUT2D eigenvalue weighted by atomic mass is 32.1. The van der Waals surface area contributed by atoms with Crippen LogP contribution in [0.25, 0.3) is 10.9 Å². The van der Waals surface area contributed by atoms with Gasteiger partial charge in [-0.15, -0.1) is 11.3 Å². The fourth-order valence-electron chi connectivity index (χ4n) is 2.26. The number of amides is 1. The van der Waals surface area contributed by atoms with Crippen molar-refractivity contribution in [2.24, 2.45) is 0 Å². The predicted octanol–water partition coefficient (Wildman–Crippen LogP) is 3.17. The number of thiazole rings is 1. The monoisotopic (exact) mass is 285 g/mol. The lowest BCUT2D eigenvalue weighted by atomic mass is 10.1. The molecule has 0 bridgehead atoms. The van der Waals surface area contributed by atoms with E-state index in [1.54, 1.807) is 6.20 Å². The second-order valence-electron chi connectivity index (χ2n) is 4.71. The van der Waals surface area contributed by atoms with Crippen molar-refractivity contribution in [1.82, 2.24) is 15.3 Å². The summed E-state index contributed by atoms with van der Waals surface area (Å²) in [5.74, 6) is -0.0768. The summed E-state index contributed by atoms with van der Waals surface area (Å²) in [6.07, 6.45) is 1.74. The van der Waals surface area contributed by atoms with Crippen LogP contribution in [0.4, 0.5) is 0 Å². The van der Waals surface area contributed by atoms with Gasteiger partial charge in [-0.05, 0) is 25.5 Å². The number of H-pyrrole nitrogens is 1.